The van der Waals surface area contributed by atoms with E-state index in [1.54, 1.807) is 0 Å². The van der Waals surface area contributed by atoms with Crippen LogP contribution in [0.4, 0.5) is 0 Å². The van der Waals surface area contributed by atoms with E-state index in [1.807, 2.05) is 0 Å². The zero-order valence-electron chi connectivity index (χ0n) is 12.5. The fourth-order valence-electron chi connectivity index (χ4n) is 2.45. The fourth-order valence-corrected chi connectivity index (χ4v) is 3.15. The van der Waals surface area contributed by atoms with Crippen LogP contribution in [0.5, 0.6) is 0 Å². The predicted molar refractivity (Wildman–Crippen MR) is 95.1 cm³/mol. The topological polar surface area (TPSA) is 12.0 Å². The maximum absolute atomic E-state index is 6.52. The number of rotatable bonds is 6. The molecule has 0 aromatic heterocycles. The molecular weight excluding hydrogens is 346 g/mol. The summed E-state index contributed by atoms with van der Waals surface area (Å²) in [4.78, 5) is 0. The van der Waals surface area contributed by atoms with Gasteiger partial charge in [0.1, 0.15) is 0 Å². The Morgan fingerprint density at radius 3 is 2.67 bits per heavy atom. The lowest BCUT2D eigenvalue weighted by Crippen LogP contribution is -2.24. The number of halogens is 2. The molecule has 0 radical (unpaired) electrons. The minimum Gasteiger partial charge on any atom is -0.310 e. The number of hydrogen-bond donors (Lipinski definition) is 1. The molecule has 1 N–H and O–H groups in total. The predicted octanol–water partition coefficient (Wildman–Crippen LogP) is 5.69. The Hall–Kier alpha value is -0.830. The molecule has 2 rings (SSSR count). The summed E-state index contributed by atoms with van der Waals surface area (Å²) in [7, 11) is 0. The smallest absolute Gasteiger partial charge is 0.0483 e. The van der Waals surface area contributed by atoms with Crippen molar-refractivity contribution in [2.75, 3.05) is 6.54 Å². The Balaban J connectivity index is 2.27. The first kappa shape index (κ1) is 16.5. The maximum Gasteiger partial charge on any atom is 0.0483 e. The largest absolute Gasteiger partial charge is 0.310 e. The number of aryl methyl sites for hydroxylation is 1. The molecule has 1 unspecified atom stereocenters. The molecular formula is C18H21BrClN. The van der Waals surface area contributed by atoms with Crippen LogP contribution in [0.1, 0.15) is 36.1 Å². The zero-order valence-corrected chi connectivity index (χ0v) is 14.8. The van der Waals surface area contributed by atoms with Crippen LogP contribution in [0.3, 0.4) is 0 Å². The molecule has 0 saturated carbocycles. The van der Waals surface area contributed by atoms with Gasteiger partial charge in [-0.05, 0) is 55.1 Å². The molecule has 3 heteroatoms. The second-order valence-corrected chi connectivity index (χ2v) is 6.61. The zero-order chi connectivity index (χ0) is 15.2. The third kappa shape index (κ3) is 4.57. The van der Waals surface area contributed by atoms with Crippen molar-refractivity contribution in [3.8, 4) is 0 Å². The summed E-state index contributed by atoms with van der Waals surface area (Å²) in [5, 5.41) is 4.50. The lowest BCUT2D eigenvalue weighted by molar-refractivity contribution is 0.529. The molecule has 0 spiro atoms. The van der Waals surface area contributed by atoms with Crippen molar-refractivity contribution in [1.29, 1.82) is 0 Å². The average molecular weight is 367 g/mol. The highest BCUT2D eigenvalue weighted by Gasteiger charge is 2.15. The van der Waals surface area contributed by atoms with Crippen LogP contribution in [0.25, 0.3) is 0 Å². The number of benzene rings is 2. The van der Waals surface area contributed by atoms with Gasteiger partial charge in [0.25, 0.3) is 0 Å². The molecule has 0 aliphatic carbocycles. The molecule has 0 aliphatic heterocycles. The van der Waals surface area contributed by atoms with Crippen molar-refractivity contribution in [3.05, 3.63) is 68.7 Å². The molecule has 0 saturated heterocycles. The molecule has 0 bridgehead atoms. The van der Waals surface area contributed by atoms with Crippen molar-refractivity contribution in [2.24, 2.45) is 0 Å². The van der Waals surface area contributed by atoms with Gasteiger partial charge in [0.2, 0.25) is 0 Å². The van der Waals surface area contributed by atoms with Crippen LogP contribution < -0.4 is 5.32 Å². The molecule has 1 atom stereocenters. The first-order valence-corrected chi connectivity index (χ1v) is 8.51. The molecule has 112 valence electrons. The van der Waals surface area contributed by atoms with Gasteiger partial charge in [0.15, 0.2) is 0 Å². The van der Waals surface area contributed by atoms with Gasteiger partial charge in [0.05, 0.1) is 0 Å². The Bertz CT molecular complexity index is 598. The van der Waals surface area contributed by atoms with E-state index >= 15 is 0 Å². The molecule has 1 nitrogen and oxygen atoms in total. The van der Waals surface area contributed by atoms with Crippen LogP contribution in [-0.4, -0.2) is 6.54 Å². The van der Waals surface area contributed by atoms with Gasteiger partial charge < -0.3 is 5.32 Å². The highest BCUT2D eigenvalue weighted by molar-refractivity contribution is 9.10. The molecule has 0 heterocycles. The van der Waals surface area contributed by atoms with E-state index in [2.05, 4.69) is 77.6 Å². The first-order chi connectivity index (χ1) is 10.1. The average Bonchev–Trinajstić information content (AvgIpc) is 2.47. The minimum atomic E-state index is 0.242. The third-order valence-electron chi connectivity index (χ3n) is 3.57. The third-order valence-corrected chi connectivity index (χ3v) is 4.58. The second-order valence-electron chi connectivity index (χ2n) is 5.32. The van der Waals surface area contributed by atoms with Gasteiger partial charge in [-0.15, -0.1) is 0 Å². The van der Waals surface area contributed by atoms with E-state index in [4.69, 9.17) is 11.6 Å². The summed E-state index contributed by atoms with van der Waals surface area (Å²) < 4.78 is 1.12. The number of hydrogen-bond acceptors (Lipinski definition) is 1. The van der Waals surface area contributed by atoms with Crippen molar-refractivity contribution >= 4 is 27.5 Å². The lowest BCUT2D eigenvalue weighted by Gasteiger charge is -2.21. The Morgan fingerprint density at radius 1 is 1.19 bits per heavy atom. The van der Waals surface area contributed by atoms with Gasteiger partial charge in [0, 0.05) is 15.5 Å². The molecule has 2 aromatic carbocycles. The van der Waals surface area contributed by atoms with Gasteiger partial charge in [-0.25, -0.2) is 0 Å². The van der Waals surface area contributed by atoms with Gasteiger partial charge in [-0.1, -0.05) is 64.8 Å². The van der Waals surface area contributed by atoms with Crippen LogP contribution >= 0.6 is 27.5 Å². The molecule has 0 amide bonds. The Morgan fingerprint density at radius 2 is 1.95 bits per heavy atom. The van der Waals surface area contributed by atoms with Crippen molar-refractivity contribution in [2.45, 2.75) is 32.7 Å². The van der Waals surface area contributed by atoms with E-state index < -0.39 is 0 Å². The molecule has 0 fully saturated rings. The standard InChI is InChI=1S/C18H21BrClN/c1-3-10-21-17(12-14-7-5-8-15(19)11-14)16-9-4-6-13(2)18(16)20/h4-9,11,17,21H,3,10,12H2,1-2H3. The van der Waals surface area contributed by atoms with Crippen LogP contribution in [0.15, 0.2) is 46.9 Å². The number of nitrogens with one attached hydrogen (secondary N) is 1. The molecule has 2 aromatic rings. The lowest BCUT2D eigenvalue weighted by atomic mass is 9.97. The van der Waals surface area contributed by atoms with Crippen molar-refractivity contribution in [3.63, 3.8) is 0 Å². The van der Waals surface area contributed by atoms with E-state index in [-0.39, 0.29) is 6.04 Å². The first-order valence-electron chi connectivity index (χ1n) is 7.34. The maximum atomic E-state index is 6.52. The molecule has 21 heavy (non-hydrogen) atoms. The normalized spacial score (nSPS) is 12.4. The minimum absolute atomic E-state index is 0.242. The van der Waals surface area contributed by atoms with Crippen LogP contribution in [-0.2, 0) is 6.42 Å². The highest BCUT2D eigenvalue weighted by atomic mass is 79.9. The Labute approximate surface area is 140 Å². The quantitative estimate of drug-likeness (QED) is 0.692. The SMILES string of the molecule is CCCNC(Cc1cccc(Br)c1)c1cccc(C)c1Cl. The van der Waals surface area contributed by atoms with E-state index in [1.165, 1.54) is 11.1 Å². The van der Waals surface area contributed by atoms with Gasteiger partial charge in [-0.2, -0.15) is 0 Å². The summed E-state index contributed by atoms with van der Waals surface area (Å²) in [6.45, 7) is 5.23. The summed E-state index contributed by atoms with van der Waals surface area (Å²) in [5.41, 5.74) is 3.62. The fraction of sp³-hybridized carbons (Fsp3) is 0.333. The molecule has 0 aliphatic rings. The van der Waals surface area contributed by atoms with E-state index in [9.17, 15) is 0 Å². The van der Waals surface area contributed by atoms with Crippen LogP contribution in [0, 0.1) is 6.92 Å². The summed E-state index contributed by atoms with van der Waals surface area (Å²) in [6.07, 6.45) is 2.04. The van der Waals surface area contributed by atoms with E-state index in [0.29, 0.717) is 0 Å². The summed E-state index contributed by atoms with van der Waals surface area (Å²) >= 11 is 10.1. The van der Waals surface area contributed by atoms with Crippen molar-refractivity contribution < 1.29 is 0 Å². The highest BCUT2D eigenvalue weighted by Crippen LogP contribution is 2.29. The van der Waals surface area contributed by atoms with E-state index in [0.717, 1.165) is 34.4 Å². The second kappa shape index (κ2) is 7.98. The Kier molecular flexibility index (Phi) is 6.28. The summed E-state index contributed by atoms with van der Waals surface area (Å²) in [5.74, 6) is 0. The summed E-state index contributed by atoms with van der Waals surface area (Å²) in [6, 6.07) is 15.0. The van der Waals surface area contributed by atoms with Gasteiger partial charge >= 0.3 is 0 Å². The van der Waals surface area contributed by atoms with Gasteiger partial charge in [-0.3, -0.25) is 0 Å². The van der Waals surface area contributed by atoms with Crippen molar-refractivity contribution in [1.82, 2.24) is 5.32 Å². The monoisotopic (exact) mass is 365 g/mol. The van der Waals surface area contributed by atoms with Crippen LogP contribution in [0.2, 0.25) is 5.02 Å².